The summed E-state index contributed by atoms with van der Waals surface area (Å²) < 4.78 is 5.49. The maximum atomic E-state index is 5.49. The van der Waals surface area contributed by atoms with E-state index in [9.17, 15) is 0 Å². The van der Waals surface area contributed by atoms with Crippen LogP contribution in [0.4, 0.5) is 11.4 Å². The van der Waals surface area contributed by atoms with Gasteiger partial charge in [-0.25, -0.2) is 0 Å². The second-order valence-electron chi connectivity index (χ2n) is 9.21. The molecule has 4 aromatic rings. The van der Waals surface area contributed by atoms with E-state index in [0.29, 0.717) is 6.10 Å². The first kappa shape index (κ1) is 22.3. The van der Waals surface area contributed by atoms with Crippen LogP contribution in [0.25, 0.3) is 29.0 Å². The third-order valence-electron chi connectivity index (χ3n) is 6.92. The van der Waals surface area contributed by atoms with Gasteiger partial charge in [-0.15, -0.1) is 10.2 Å². The molecule has 2 aliphatic heterocycles. The van der Waals surface area contributed by atoms with Gasteiger partial charge in [0.1, 0.15) is 0 Å². The van der Waals surface area contributed by atoms with Crippen molar-refractivity contribution < 1.29 is 4.74 Å². The summed E-state index contributed by atoms with van der Waals surface area (Å²) in [5.41, 5.74) is 7.69. The number of hydrogen-bond donors (Lipinski definition) is 1. The van der Waals surface area contributed by atoms with E-state index < -0.39 is 0 Å². The van der Waals surface area contributed by atoms with Crippen LogP contribution in [0.15, 0.2) is 101 Å². The number of methoxy groups -OCH3 is 1. The summed E-state index contributed by atoms with van der Waals surface area (Å²) >= 11 is 0. The van der Waals surface area contributed by atoms with Crippen molar-refractivity contribution in [2.75, 3.05) is 25.1 Å². The molecule has 1 N–H and O–H groups in total. The van der Waals surface area contributed by atoms with Crippen molar-refractivity contribution >= 4 is 29.2 Å². The third-order valence-corrected chi connectivity index (χ3v) is 6.92. The van der Waals surface area contributed by atoms with E-state index in [1.807, 2.05) is 24.5 Å². The molecule has 1 fully saturated rings. The van der Waals surface area contributed by atoms with E-state index in [-0.39, 0.29) is 0 Å². The number of H-pyrrole nitrogens is 1. The van der Waals surface area contributed by atoms with Crippen molar-refractivity contribution in [3.8, 4) is 11.1 Å². The zero-order chi connectivity index (χ0) is 24.3. The van der Waals surface area contributed by atoms with Crippen LogP contribution in [0.1, 0.15) is 17.5 Å². The van der Waals surface area contributed by atoms with Crippen LogP contribution in [-0.2, 0) is 4.74 Å². The molecule has 1 unspecified atom stereocenters. The van der Waals surface area contributed by atoms with E-state index in [2.05, 4.69) is 99.0 Å². The predicted molar refractivity (Wildman–Crippen MR) is 147 cm³/mol. The van der Waals surface area contributed by atoms with Gasteiger partial charge in [-0.3, -0.25) is 0 Å². The van der Waals surface area contributed by atoms with Gasteiger partial charge in [-0.2, -0.15) is 0 Å². The molecule has 0 aliphatic carbocycles. The number of aromatic nitrogens is 1. The molecule has 1 atom stereocenters. The first-order valence-electron chi connectivity index (χ1n) is 12.3. The van der Waals surface area contributed by atoms with Crippen LogP contribution in [0.3, 0.4) is 0 Å². The molecular weight excluding hydrogens is 444 g/mol. The maximum absolute atomic E-state index is 5.49. The van der Waals surface area contributed by atoms with E-state index in [4.69, 9.17) is 4.74 Å². The van der Waals surface area contributed by atoms with E-state index in [0.717, 1.165) is 52.5 Å². The fourth-order valence-corrected chi connectivity index (χ4v) is 4.89. The summed E-state index contributed by atoms with van der Waals surface area (Å²) in [5, 5.41) is 11.0. The quantitative estimate of drug-likeness (QED) is 0.394. The maximum Gasteiger partial charge on any atom is 0.0957 e. The number of ether oxygens (including phenoxy) is 1. The van der Waals surface area contributed by atoms with Crippen molar-refractivity contribution in [2.45, 2.75) is 12.5 Å². The Balaban J connectivity index is 1.22. The van der Waals surface area contributed by atoms with Crippen LogP contribution in [0.2, 0.25) is 0 Å². The Kier molecular flexibility index (Phi) is 6.06. The molecule has 0 bridgehead atoms. The van der Waals surface area contributed by atoms with Gasteiger partial charge in [0.05, 0.1) is 17.5 Å². The molecule has 0 spiro atoms. The largest absolute Gasteiger partial charge is 0.380 e. The Labute approximate surface area is 210 Å². The molecule has 0 radical (unpaired) electrons. The van der Waals surface area contributed by atoms with Gasteiger partial charge in [0.15, 0.2) is 0 Å². The van der Waals surface area contributed by atoms with Gasteiger partial charge in [0.2, 0.25) is 0 Å². The molecule has 1 saturated heterocycles. The molecule has 3 heterocycles. The van der Waals surface area contributed by atoms with Gasteiger partial charge in [0, 0.05) is 54.6 Å². The van der Waals surface area contributed by atoms with Gasteiger partial charge >= 0.3 is 0 Å². The molecule has 1 aromatic heterocycles. The lowest BCUT2D eigenvalue weighted by atomic mass is 10.0. The zero-order valence-corrected chi connectivity index (χ0v) is 20.3. The average molecular weight is 473 g/mol. The SMILES string of the molecule is COC1CCN(c2ccc(C=CC3=c4ccc(=Cc5c[nH]cc5-c5ccccc5)cc4N=N3)cc2)C1. The molecule has 3 aromatic carbocycles. The number of anilines is 1. The average Bonchev–Trinajstić information content (AvgIpc) is 3.68. The molecule has 5 nitrogen and oxygen atoms in total. The fourth-order valence-electron chi connectivity index (χ4n) is 4.89. The Hall–Kier alpha value is -4.22. The molecule has 5 heteroatoms. The number of nitrogens with one attached hydrogen (secondary N) is 1. The number of benzene rings is 3. The summed E-state index contributed by atoms with van der Waals surface area (Å²) in [6.07, 6.45) is 11.8. The molecule has 178 valence electrons. The minimum absolute atomic E-state index is 0.334. The van der Waals surface area contributed by atoms with Gasteiger partial charge in [0.25, 0.3) is 0 Å². The van der Waals surface area contributed by atoms with Gasteiger partial charge in [-0.1, -0.05) is 54.6 Å². The molecule has 0 amide bonds. The molecule has 0 saturated carbocycles. The van der Waals surface area contributed by atoms with Crippen LogP contribution in [0, 0.1) is 0 Å². The first-order chi connectivity index (χ1) is 17.8. The summed E-state index contributed by atoms with van der Waals surface area (Å²) in [4.78, 5) is 5.62. The van der Waals surface area contributed by atoms with Crippen LogP contribution >= 0.6 is 0 Å². The standard InChI is InChI=1S/C31H28N4O/c1-36-27-15-16-35(21-27)26-11-7-22(8-12-26)10-14-30-28-13-9-23(18-31(28)34-33-30)17-25-19-32-20-29(25)24-5-3-2-4-6-24/h2-14,17-20,27,32H,15-16,21H2,1H3. The van der Waals surface area contributed by atoms with Crippen LogP contribution in [0.5, 0.6) is 0 Å². The van der Waals surface area contributed by atoms with Crippen molar-refractivity contribution in [2.24, 2.45) is 10.2 Å². The Bertz CT molecular complexity index is 1550. The van der Waals surface area contributed by atoms with Crippen molar-refractivity contribution in [3.63, 3.8) is 0 Å². The minimum Gasteiger partial charge on any atom is -0.380 e. The number of rotatable bonds is 6. The number of hydrogen-bond acceptors (Lipinski definition) is 4. The lowest BCUT2D eigenvalue weighted by Crippen LogP contribution is -2.21. The number of fused-ring (bicyclic) bond motifs is 1. The number of aromatic amines is 1. The normalized spacial score (nSPS) is 17.5. The van der Waals surface area contributed by atoms with Crippen molar-refractivity contribution in [1.29, 1.82) is 0 Å². The van der Waals surface area contributed by atoms with E-state index >= 15 is 0 Å². The Morgan fingerprint density at radius 3 is 2.61 bits per heavy atom. The van der Waals surface area contributed by atoms with E-state index in [1.165, 1.54) is 16.8 Å². The molecule has 6 rings (SSSR count). The highest BCUT2D eigenvalue weighted by Gasteiger charge is 2.21. The Morgan fingerprint density at radius 1 is 0.944 bits per heavy atom. The summed E-state index contributed by atoms with van der Waals surface area (Å²) in [5.74, 6) is 0. The predicted octanol–water partition coefficient (Wildman–Crippen LogP) is 5.65. The van der Waals surface area contributed by atoms with Crippen molar-refractivity contribution in [1.82, 2.24) is 4.98 Å². The van der Waals surface area contributed by atoms with Crippen LogP contribution in [-0.4, -0.2) is 31.3 Å². The topological polar surface area (TPSA) is 53.0 Å². The lowest BCUT2D eigenvalue weighted by molar-refractivity contribution is 0.121. The second-order valence-corrected chi connectivity index (χ2v) is 9.21. The second kappa shape index (κ2) is 9.80. The zero-order valence-electron chi connectivity index (χ0n) is 20.3. The van der Waals surface area contributed by atoms with Gasteiger partial charge in [-0.05, 0) is 59.2 Å². The first-order valence-corrected chi connectivity index (χ1v) is 12.3. The highest BCUT2D eigenvalue weighted by atomic mass is 16.5. The number of azo groups is 1. The summed E-state index contributed by atoms with van der Waals surface area (Å²) in [6.45, 7) is 2.00. The Morgan fingerprint density at radius 2 is 1.81 bits per heavy atom. The summed E-state index contributed by atoms with van der Waals surface area (Å²) in [7, 11) is 1.79. The number of nitrogens with zero attached hydrogens (tertiary/aromatic N) is 3. The molecule has 36 heavy (non-hydrogen) atoms. The van der Waals surface area contributed by atoms with Crippen molar-refractivity contribution in [3.05, 3.63) is 113 Å². The smallest absolute Gasteiger partial charge is 0.0957 e. The molecular formula is C31H28N4O. The molecule has 2 aliphatic rings. The monoisotopic (exact) mass is 472 g/mol. The highest BCUT2D eigenvalue weighted by Crippen LogP contribution is 2.25. The minimum atomic E-state index is 0.334. The third kappa shape index (κ3) is 4.53. The van der Waals surface area contributed by atoms with Gasteiger partial charge < -0.3 is 14.6 Å². The van der Waals surface area contributed by atoms with Crippen LogP contribution < -0.4 is 15.3 Å². The summed E-state index contributed by atoms with van der Waals surface area (Å²) in [6, 6.07) is 25.4. The lowest BCUT2D eigenvalue weighted by Gasteiger charge is -2.18. The fraction of sp³-hybridized carbons (Fsp3) is 0.161. The van der Waals surface area contributed by atoms with E-state index in [1.54, 1.807) is 7.11 Å². The highest BCUT2D eigenvalue weighted by molar-refractivity contribution is 5.75.